The SMILES string of the molecule is CC[P+](CC)(CC)C(CC(=O)O)c1ccccc1. The Balaban J connectivity index is 3.15. The first-order chi connectivity index (χ1) is 8.59. The molecule has 0 aromatic heterocycles. The number of benzene rings is 1. The number of carbonyl (C=O) groups is 1. The van der Waals surface area contributed by atoms with Crippen LogP contribution >= 0.6 is 7.26 Å². The number of carboxylic acid groups (broad SMARTS) is 1. The van der Waals surface area contributed by atoms with Gasteiger partial charge in [-0.15, -0.1) is 0 Å². The zero-order valence-corrected chi connectivity index (χ0v) is 12.5. The first-order valence-corrected chi connectivity index (χ1v) is 9.13. The van der Waals surface area contributed by atoms with Crippen LogP contribution in [-0.4, -0.2) is 29.6 Å². The van der Waals surface area contributed by atoms with Crippen LogP contribution in [0.1, 0.15) is 38.4 Å². The zero-order valence-electron chi connectivity index (χ0n) is 11.6. The standard InChI is InChI=1S/C15H23O2P/c1-4-18(5-2,6-3)14(12-15(16)17)13-10-8-7-9-11-13/h7-11,14H,4-6,12H2,1-3H3/p+1. The number of hydrogen-bond donors (Lipinski definition) is 1. The van der Waals surface area contributed by atoms with Crippen LogP contribution in [0.5, 0.6) is 0 Å². The van der Waals surface area contributed by atoms with Gasteiger partial charge in [0, 0.05) is 7.26 Å². The van der Waals surface area contributed by atoms with Gasteiger partial charge in [-0.3, -0.25) is 4.79 Å². The highest BCUT2D eigenvalue weighted by atomic mass is 31.2. The van der Waals surface area contributed by atoms with E-state index in [1.54, 1.807) is 0 Å². The van der Waals surface area contributed by atoms with Crippen LogP contribution < -0.4 is 0 Å². The summed E-state index contributed by atoms with van der Waals surface area (Å²) in [6, 6.07) is 10.2. The molecule has 0 saturated heterocycles. The van der Waals surface area contributed by atoms with Crippen LogP contribution in [0.3, 0.4) is 0 Å². The van der Waals surface area contributed by atoms with E-state index in [0.29, 0.717) is 0 Å². The summed E-state index contributed by atoms with van der Waals surface area (Å²) in [5.41, 5.74) is 1.43. The van der Waals surface area contributed by atoms with E-state index in [1.165, 1.54) is 5.56 Å². The van der Waals surface area contributed by atoms with Crippen LogP contribution in [0.4, 0.5) is 0 Å². The monoisotopic (exact) mass is 267 g/mol. The Labute approximate surface area is 111 Å². The topological polar surface area (TPSA) is 37.3 Å². The summed E-state index contributed by atoms with van der Waals surface area (Å²) in [4.78, 5) is 11.2. The molecule has 1 atom stereocenters. The van der Waals surface area contributed by atoms with Crippen molar-refractivity contribution < 1.29 is 9.90 Å². The molecule has 1 unspecified atom stereocenters. The highest BCUT2D eigenvalue weighted by molar-refractivity contribution is 7.76. The Hall–Kier alpha value is -0.880. The van der Waals surface area contributed by atoms with Crippen molar-refractivity contribution in [2.45, 2.75) is 32.9 Å². The molecular formula is C15H24O2P+. The van der Waals surface area contributed by atoms with Crippen molar-refractivity contribution >= 4 is 13.2 Å². The first-order valence-electron chi connectivity index (χ1n) is 6.72. The van der Waals surface area contributed by atoms with Gasteiger partial charge in [0.1, 0.15) is 5.66 Å². The largest absolute Gasteiger partial charge is 0.481 e. The molecule has 1 N–H and O–H groups in total. The summed E-state index contributed by atoms with van der Waals surface area (Å²) in [5, 5.41) is 9.21. The second-order valence-corrected chi connectivity index (χ2v) is 9.65. The lowest BCUT2D eigenvalue weighted by Gasteiger charge is -2.32. The predicted octanol–water partition coefficient (Wildman–Crippen LogP) is 4.28. The van der Waals surface area contributed by atoms with Crippen molar-refractivity contribution in [2.75, 3.05) is 18.5 Å². The molecule has 0 fully saturated rings. The van der Waals surface area contributed by atoms with Crippen LogP contribution in [-0.2, 0) is 4.79 Å². The van der Waals surface area contributed by atoms with Gasteiger partial charge in [0.2, 0.25) is 0 Å². The minimum atomic E-state index is -1.21. The van der Waals surface area contributed by atoms with E-state index in [2.05, 4.69) is 32.9 Å². The van der Waals surface area contributed by atoms with E-state index < -0.39 is 13.2 Å². The van der Waals surface area contributed by atoms with Gasteiger partial charge in [0.15, 0.2) is 0 Å². The second-order valence-electron chi connectivity index (χ2n) is 4.69. The molecule has 0 radical (unpaired) electrons. The highest BCUT2D eigenvalue weighted by Crippen LogP contribution is 2.70. The van der Waals surface area contributed by atoms with E-state index in [1.807, 2.05) is 18.2 Å². The fraction of sp³-hybridized carbons (Fsp3) is 0.533. The normalized spacial score (nSPS) is 13.3. The van der Waals surface area contributed by atoms with Crippen LogP contribution in [0.15, 0.2) is 30.3 Å². The van der Waals surface area contributed by atoms with Crippen LogP contribution in [0.25, 0.3) is 0 Å². The Kier molecular flexibility index (Phi) is 5.81. The third-order valence-electron chi connectivity index (χ3n) is 4.10. The minimum Gasteiger partial charge on any atom is -0.481 e. The molecule has 0 aliphatic carbocycles. The van der Waals surface area contributed by atoms with Crippen molar-refractivity contribution in [1.29, 1.82) is 0 Å². The predicted molar refractivity (Wildman–Crippen MR) is 80.0 cm³/mol. The summed E-state index contributed by atoms with van der Waals surface area (Å²) in [6.45, 7) is 6.66. The number of hydrogen-bond acceptors (Lipinski definition) is 1. The second kappa shape index (κ2) is 6.89. The Morgan fingerprint density at radius 2 is 1.61 bits per heavy atom. The molecule has 2 nitrogen and oxygen atoms in total. The molecule has 1 rings (SSSR count). The lowest BCUT2D eigenvalue weighted by molar-refractivity contribution is -0.137. The minimum absolute atomic E-state index is 0.219. The van der Waals surface area contributed by atoms with Gasteiger partial charge >= 0.3 is 5.97 Å². The van der Waals surface area contributed by atoms with E-state index >= 15 is 0 Å². The van der Waals surface area contributed by atoms with E-state index in [-0.39, 0.29) is 12.1 Å². The van der Waals surface area contributed by atoms with Crippen molar-refractivity contribution in [3.63, 3.8) is 0 Å². The molecule has 0 heterocycles. The molecular weight excluding hydrogens is 243 g/mol. The zero-order chi connectivity index (χ0) is 13.6. The molecule has 0 aliphatic rings. The molecule has 0 bridgehead atoms. The molecule has 1 aromatic carbocycles. The van der Waals surface area contributed by atoms with Crippen LogP contribution in [0.2, 0.25) is 0 Å². The van der Waals surface area contributed by atoms with Gasteiger partial charge in [-0.25, -0.2) is 0 Å². The smallest absolute Gasteiger partial charge is 0.307 e. The molecule has 100 valence electrons. The van der Waals surface area contributed by atoms with Gasteiger partial charge in [-0.2, -0.15) is 0 Å². The molecule has 0 aliphatic heterocycles. The lowest BCUT2D eigenvalue weighted by atomic mass is 10.1. The summed E-state index contributed by atoms with van der Waals surface area (Å²) in [7, 11) is -1.21. The van der Waals surface area contributed by atoms with E-state index in [0.717, 1.165) is 18.5 Å². The molecule has 0 saturated carbocycles. The Bertz CT molecular complexity index is 363. The summed E-state index contributed by atoms with van der Waals surface area (Å²) in [5.74, 6) is -0.677. The van der Waals surface area contributed by atoms with E-state index in [4.69, 9.17) is 0 Å². The molecule has 0 amide bonds. The van der Waals surface area contributed by atoms with Gasteiger partial charge < -0.3 is 5.11 Å². The third-order valence-corrected chi connectivity index (χ3v) is 9.68. The summed E-state index contributed by atoms with van der Waals surface area (Å²) < 4.78 is 0. The Morgan fingerprint density at radius 1 is 1.11 bits per heavy atom. The maximum atomic E-state index is 11.2. The third kappa shape index (κ3) is 3.32. The molecule has 1 aromatic rings. The molecule has 0 spiro atoms. The highest BCUT2D eigenvalue weighted by Gasteiger charge is 2.42. The fourth-order valence-electron chi connectivity index (χ4n) is 2.80. The first kappa shape index (κ1) is 15.2. The molecule has 18 heavy (non-hydrogen) atoms. The van der Waals surface area contributed by atoms with Crippen molar-refractivity contribution in [3.8, 4) is 0 Å². The number of carboxylic acids is 1. The van der Waals surface area contributed by atoms with Crippen molar-refractivity contribution in [3.05, 3.63) is 35.9 Å². The fourth-order valence-corrected chi connectivity index (χ4v) is 6.81. The Morgan fingerprint density at radius 3 is 2.00 bits per heavy atom. The average Bonchev–Trinajstić information content (AvgIpc) is 2.40. The molecule has 3 heteroatoms. The van der Waals surface area contributed by atoms with Gasteiger partial charge in [0.25, 0.3) is 0 Å². The van der Waals surface area contributed by atoms with Crippen molar-refractivity contribution in [2.24, 2.45) is 0 Å². The number of rotatable bonds is 7. The van der Waals surface area contributed by atoms with Crippen molar-refractivity contribution in [1.82, 2.24) is 0 Å². The van der Waals surface area contributed by atoms with E-state index in [9.17, 15) is 9.90 Å². The summed E-state index contributed by atoms with van der Waals surface area (Å²) >= 11 is 0. The van der Waals surface area contributed by atoms with Crippen LogP contribution in [0, 0.1) is 0 Å². The average molecular weight is 267 g/mol. The quantitative estimate of drug-likeness (QED) is 0.749. The summed E-state index contributed by atoms with van der Waals surface area (Å²) in [6.07, 6.45) is 3.67. The van der Waals surface area contributed by atoms with Gasteiger partial charge in [-0.05, 0) is 26.3 Å². The maximum absolute atomic E-state index is 11.2. The maximum Gasteiger partial charge on any atom is 0.307 e. The van der Waals surface area contributed by atoms with Gasteiger partial charge in [-0.1, -0.05) is 30.3 Å². The lowest BCUT2D eigenvalue weighted by Crippen LogP contribution is -2.16. The number of aliphatic carboxylic acids is 1. The van der Waals surface area contributed by atoms with Gasteiger partial charge in [0.05, 0.1) is 24.9 Å².